The Morgan fingerprint density at radius 2 is 1.17 bits per heavy atom. The van der Waals surface area contributed by atoms with E-state index in [0.717, 1.165) is 31.7 Å². The molecular formula is C27H272BrN17O. The molecule has 0 saturated heterocycles. The molecule has 0 fully saturated rings. The van der Waals surface area contributed by atoms with Crippen LogP contribution in [0.2, 0.25) is 0 Å². The van der Waals surface area contributed by atoms with E-state index in [1.807, 2.05) is 6.07 Å². The molecule has 46 heavy (non-hydrogen) atoms. The van der Waals surface area contributed by atoms with Crippen LogP contribution >= 0.6 is 15.9 Å². The highest BCUT2D eigenvalue weighted by Gasteiger charge is 2.07. The minimum atomic E-state index is 0. The van der Waals surface area contributed by atoms with E-state index in [-0.39, 0.29) is 13.1 Å². The molecule has 8 rings (SSSR count). The molecule has 0 aromatic carbocycles. The van der Waals surface area contributed by atoms with E-state index in [1.54, 1.807) is 67.8 Å². The fourth-order valence-electron chi connectivity index (χ4n) is 3.98. The molecule has 0 aliphatic carbocycles. The normalized spacial score (nSPS) is 32.3. The maximum Gasteiger partial charge on any atom is 0.170 e. The number of rotatable bonds is 2. The third kappa shape index (κ3) is 6.71. The summed E-state index contributed by atoms with van der Waals surface area (Å²) in [5.74, 6) is 0.0811. The molecular weight excluding hydrogens is 658 g/mol. The zero-order valence-corrected chi connectivity index (χ0v) is 25.0. The summed E-state index contributed by atoms with van der Waals surface area (Å²) >= 11 is 3.38. The number of hydrogen-bond donors (Lipinski definition) is 8. The molecule has 8 aromatic rings. The average Bonchev–Trinajstić information content (AvgIpc) is 1.68. The third-order valence-electron chi connectivity index (χ3n) is 6.16. The number of hydrogen-bond acceptors (Lipinski definition) is 12. The van der Waals surface area contributed by atoms with Crippen molar-refractivity contribution in [1.29, 1.82) is 10.7 Å². The average molecular weight is 1180 g/mol. The zero-order chi connectivity index (χ0) is 280. The van der Waals surface area contributed by atoms with Crippen LogP contribution in [0.25, 0.3) is 44.1 Å². The Labute approximate surface area is 649 Å². The number of fused-ring (bicyclic) bond motifs is 4. The summed E-state index contributed by atoms with van der Waals surface area (Å²) < 4.78 is 1240. The number of oxime groups is 1. The van der Waals surface area contributed by atoms with Gasteiger partial charge in [0.1, 0.15) is 11.9 Å². The second kappa shape index (κ2) is 14.1. The fraction of sp³-hybridized carbons (Fsp3) is 0. The Bertz CT molecular complexity index is 2510. The van der Waals surface area contributed by atoms with Gasteiger partial charge in [-0.25, -0.2) is 19.9 Å². The van der Waals surface area contributed by atoms with E-state index in [9.17, 15) is 0 Å². The summed E-state index contributed by atoms with van der Waals surface area (Å²) in [6, 6.07) is 8.96. The van der Waals surface area contributed by atoms with Gasteiger partial charge in [0, 0.05) is 421 Å². The predicted octanol–water partition coefficient (Wildman–Crippen LogP) is 33.6. The highest BCUT2D eigenvalue weighted by Crippen LogP contribution is 2.19. The largest absolute Gasteiger partial charge is 0.409 e. The van der Waals surface area contributed by atoms with Gasteiger partial charge in [-0.3, -0.25) is 25.8 Å². The molecule has 0 aliphatic heterocycles. The number of nitrogens with one attached hydrogen (secondary N) is 5. The molecule has 8 aromatic heterocycles. The van der Waals surface area contributed by atoms with Gasteiger partial charge in [-0.1, -0.05) is 5.16 Å². The summed E-state index contributed by atoms with van der Waals surface area (Å²) in [5, 5.41) is 56.7. The minimum absolute atomic E-state index is 0. The number of aromatic nitrogens is 12. The number of H-pyrrole nitrogens is 4. The Balaban J connectivity index is -0.00000000877. The highest BCUT2D eigenvalue weighted by molar-refractivity contribution is 9.10. The Morgan fingerprint density at radius 3 is 1.70 bits per heavy atom. The van der Waals surface area contributed by atoms with Crippen molar-refractivity contribution in [2.45, 2.75) is 0 Å². The van der Waals surface area contributed by atoms with Gasteiger partial charge in [0.15, 0.2) is 28.4 Å². The molecule has 0 spiro atoms. The highest BCUT2D eigenvalue weighted by atomic mass is 79.9. The van der Waals surface area contributed by atoms with Crippen LogP contribution < -0.4 is 11.5 Å². The van der Waals surface area contributed by atoms with E-state index in [4.69, 9.17) is 396 Å². The van der Waals surface area contributed by atoms with Gasteiger partial charge in [0.25, 0.3) is 0 Å². The van der Waals surface area contributed by atoms with Crippen LogP contribution in [0.5, 0.6) is 0 Å². The molecule has 0 unspecified atom stereocenters. The zero-order valence-electron chi connectivity index (χ0n) is 271. The fourth-order valence-corrected chi connectivity index (χ4v) is 4.39. The van der Waals surface area contributed by atoms with Gasteiger partial charge in [-0.15, -0.1) is 0 Å². The number of aromatic amines is 4. The Hall–Kier alpha value is -6.81. The molecule has 0 radical (unpaired) electrons. The van der Waals surface area contributed by atoms with Gasteiger partial charge in [0.2, 0.25) is 0 Å². The monoisotopic (exact) mass is 1180 g/mol. The van der Waals surface area contributed by atoms with Gasteiger partial charge < -0.3 is 16.7 Å². The summed E-state index contributed by atoms with van der Waals surface area (Å²) in [4.78, 5) is 16.1. The maximum atomic E-state index is 8.63. The van der Waals surface area contributed by atoms with Crippen LogP contribution in [0.4, 0.5) is 0 Å². The quantitative estimate of drug-likeness (QED) is 0.0347. The topological polar surface area (TPSA) is 299 Å². The molecule has 8 heterocycles. The summed E-state index contributed by atoms with van der Waals surface area (Å²) in [5.41, 5.74) is 15.4. The SMILES string of the molecule is Brc1ccnc2[nH]ncc12.N#Cc1ccnc2[nH]ncc12.N=C(N)c1ccnc2[nH]ncc12.NC(=NO)c1ccnc2[nH]ncc12.[2HH].[2H][2H].[2H][2H].[2H][2H].[2H][2H].[2H][2H].[2H][2H].[2H][2H].[2H][2H].[2H][2H].[2H][2H].[2H][2H].[2H][2H].[2H][2H].[2H][2H].[2H][2H].[2H][2H].[2H][2H].[2H][2H].[2H][2H].[2H][2H].[2H][2H].[2H][2H].[2H][2H].[2H][2H].[2H][2H].[2H][2H].[2H][2H].[2H][2H].[2H][2H].[2H][2H].[2H][2H].[2H][2H].[2H][2H].[2H][2H].[2H][2H].[2H][2H].[2H][2H].[2H][2H].[2H][2H].[2H][2H].[2H][2H].[2H][2H].[2H][2H].[2H][2H].[2H][2H].[2H][2H].[2H][2H].[2H][2H].[2H][2H].[2H][2H].[2H][2H].[2H][2H].[2H][2H].[2H][2H].[2H][2H].[2H][2H].[2H][2H].[2H][2H].[2H][2H].[2H][2H].[2H][2H].[2H][2H].[2H][2H].[2H][2H].[2H][2H].[2H][2H].[2H][2H].[2H][2H].[2H][2H].[2H][2H].[2H][2H].[2H][2H].[2H][2H].[2H][2H].[2H][2H].[2H][2H].[2H][2H].[2H][2H].[2H][2H].[2H][2H].[2H][2H].[2H][2H].[2H][2H].[2H][2H].[2H][2H].[2H][2H].[2H][2H].[2H][2H].[2H][2H].[2H][2H].[2H][2H].[2H][2H].[2H][2H].[2H][2H].[2H][2H].[2H][2H].[2H][2H].[2H][2H].[2H][2H].[2H][2H].[2H][2H].[2H][2H].[2H][2H].[2H][2H].[2H][2H].[2H][2H].[2H][2H].[2H][2H].[2H][2H].[2H][2H].[2H][2H].[2H][2H].[2H][2H].[2H][2H].[2H][2H].[2H][2H].[2H][2H].[2H][2H].[2H][2H].[2H][2H].[2H][2H].[2H][2H].[2H][2H].[2H][2H]. The molecule has 0 amide bonds. The lowest BCUT2D eigenvalue weighted by molar-refractivity contribution is 0.318. The molecule has 478 valence electrons. The minimum Gasteiger partial charge on any atom is -0.409 e. The van der Waals surface area contributed by atoms with Crippen LogP contribution in [-0.4, -0.2) is 77.6 Å². The van der Waals surface area contributed by atoms with Gasteiger partial charge in [0.05, 0.1) is 41.1 Å². The van der Waals surface area contributed by atoms with Crippen molar-refractivity contribution >= 4 is 71.7 Å². The lowest BCUT2D eigenvalue weighted by Crippen LogP contribution is -2.13. The maximum absolute atomic E-state index is 8.63. The third-order valence-corrected chi connectivity index (χ3v) is 6.85. The van der Waals surface area contributed by atoms with E-state index < -0.39 is 0 Å². The molecule has 0 aliphatic rings. The number of nitrogen functional groups attached to an aromatic ring is 1. The van der Waals surface area contributed by atoms with E-state index in [2.05, 4.69) is 87.9 Å². The first-order valence-corrected chi connectivity index (χ1v) is 13.7. The molecule has 18 nitrogen and oxygen atoms in total. The number of halogens is 1. The van der Waals surface area contributed by atoms with Crippen molar-refractivity contribution in [1.82, 2.24) is 60.7 Å². The summed E-state index contributed by atoms with van der Waals surface area (Å²) in [6.07, 6.45) is 13.0. The molecule has 0 saturated carbocycles. The van der Waals surface area contributed by atoms with Crippen molar-refractivity contribution in [2.24, 2.45) is 16.6 Å². The molecule has 0 atom stereocenters. The Kier molecular flexibility index (Phi) is 0.627. The summed E-state index contributed by atoms with van der Waals surface area (Å²) in [6.45, 7) is 0. The lowest BCUT2D eigenvalue weighted by atomic mass is 10.2. The second-order valence-corrected chi connectivity index (χ2v) is 9.76. The number of nitrogens with zero attached hydrogens (tertiary/aromatic N) is 10. The first-order chi connectivity index (χ1) is 146. The van der Waals surface area contributed by atoms with Crippen LogP contribution in [0.1, 0.15) is 386 Å². The smallest absolute Gasteiger partial charge is 0.170 e. The van der Waals surface area contributed by atoms with Gasteiger partial charge in [-0.2, -0.15) is 25.7 Å². The van der Waals surface area contributed by atoms with Gasteiger partial charge >= 0.3 is 0 Å². The predicted molar refractivity (Wildman–Crippen MR) is 436 cm³/mol. The van der Waals surface area contributed by atoms with Crippen molar-refractivity contribution < 1.29 is 375 Å². The number of nitrogens with two attached hydrogens (primary N) is 2. The van der Waals surface area contributed by atoms with E-state index in [1.165, 1.54) is 0 Å². The van der Waals surface area contributed by atoms with Crippen molar-refractivity contribution in [3.63, 3.8) is 0 Å². The first-order valence-electron chi connectivity index (χ1n) is 137. The Morgan fingerprint density at radius 1 is 0.739 bits per heavy atom. The lowest BCUT2D eigenvalue weighted by Gasteiger charge is -1.97. The van der Waals surface area contributed by atoms with E-state index >= 15 is 0 Å². The van der Waals surface area contributed by atoms with Crippen molar-refractivity contribution in [3.8, 4) is 6.07 Å². The van der Waals surface area contributed by atoms with Crippen LogP contribution in [0.3, 0.4) is 0 Å². The summed E-state index contributed by atoms with van der Waals surface area (Å²) in [7, 11) is 0. The first kappa shape index (κ1) is 2.04. The van der Waals surface area contributed by atoms with Crippen LogP contribution in [-0.2, 0) is 0 Å². The molecule has 0 bridgehead atoms. The van der Waals surface area contributed by atoms with Crippen LogP contribution in [0, 0.1) is 16.7 Å². The number of nitriles is 1. The van der Waals surface area contributed by atoms with E-state index in [0.29, 0.717) is 33.6 Å². The number of amidine groups is 2. The second-order valence-electron chi connectivity index (χ2n) is 8.91. The molecule has 10 N–H and O–H groups in total. The van der Waals surface area contributed by atoms with Crippen molar-refractivity contribution in [2.75, 3.05) is 0 Å². The number of pyridine rings is 4. The van der Waals surface area contributed by atoms with Crippen LogP contribution in [0.15, 0.2) is 83.5 Å². The molecule has 19 heteroatoms. The van der Waals surface area contributed by atoms with Gasteiger partial charge in [-0.05, 0) is 40.2 Å². The standard InChI is InChI=1S/C7H7N5O.C7H7N5.C7H4N4.C6H4BrN3.125H2/c8-6(12-13)4-1-2-9-7-5(4)3-10-11-7;8-6(9)4-1-2-10-7-5(4)3-11-12-7;8-3-5-1-2-9-7-6(5)4-10-11-7;7-5-1-2-8-6-4(5)3-9-10-6;;;;;;;;;;;;;;;;;;;;;;;;;;;;;;;;;;;;;;;;;;;;;;;;;;;;;;;;;;;;;;;;;;;;;;;;;;;;;;;;;;;;;;;;;;;;;;;;;;;;;;;;;;;;;;;;;;;;;;;;;;;;;/h1-3,13H,(H2,8,12)(H,9,10,11);1-3H,(H3,8,9)(H,10,11,12);1-2,4H,(H,9,10,11);1-3H,(H,8,9,10);125*1H/i;;;;124*1+1D;1+1. The van der Waals surface area contributed by atoms with Crippen molar-refractivity contribution in [3.05, 3.63) is 95.0 Å².